The summed E-state index contributed by atoms with van der Waals surface area (Å²) < 4.78 is 5.95. The van der Waals surface area contributed by atoms with Crippen molar-refractivity contribution in [1.82, 2.24) is 0 Å². The lowest BCUT2D eigenvalue weighted by Crippen LogP contribution is -2.34. The molecule has 1 aliphatic heterocycles. The van der Waals surface area contributed by atoms with E-state index < -0.39 is 0 Å². The van der Waals surface area contributed by atoms with Crippen molar-refractivity contribution in [3.63, 3.8) is 0 Å². The molecule has 0 fully saturated rings. The number of allylic oxidation sites excluding steroid dienone is 1. The van der Waals surface area contributed by atoms with Crippen molar-refractivity contribution in [2.24, 2.45) is 0 Å². The summed E-state index contributed by atoms with van der Waals surface area (Å²) in [6.45, 7) is 10.4. The van der Waals surface area contributed by atoms with Gasteiger partial charge in [-0.2, -0.15) is 0 Å². The summed E-state index contributed by atoms with van der Waals surface area (Å²) in [6, 6.07) is 2.02. The SMILES string of the molecule is CC1=Cc2c(c(C)cc3c2[C@H](C)COC3(C)C)C(=O)C1=O. The number of carbonyl (C=O) groups excluding carboxylic acids is 2. The zero-order valence-electron chi connectivity index (χ0n) is 13.2. The first-order valence-corrected chi connectivity index (χ1v) is 7.33. The molecule has 0 N–H and O–H groups in total. The number of ketones is 2. The van der Waals surface area contributed by atoms with Gasteiger partial charge in [-0.3, -0.25) is 9.59 Å². The van der Waals surface area contributed by atoms with E-state index in [4.69, 9.17) is 4.74 Å². The van der Waals surface area contributed by atoms with Gasteiger partial charge in [-0.1, -0.05) is 13.0 Å². The number of hydrogen-bond acceptors (Lipinski definition) is 3. The summed E-state index contributed by atoms with van der Waals surface area (Å²) >= 11 is 0. The van der Waals surface area contributed by atoms with Gasteiger partial charge in [0, 0.05) is 17.1 Å². The summed E-state index contributed by atoms with van der Waals surface area (Å²) in [5.41, 5.74) is 4.81. The van der Waals surface area contributed by atoms with E-state index in [2.05, 4.69) is 20.8 Å². The van der Waals surface area contributed by atoms with E-state index in [0.717, 1.165) is 22.3 Å². The number of rotatable bonds is 0. The highest BCUT2D eigenvalue weighted by molar-refractivity contribution is 6.52. The van der Waals surface area contributed by atoms with Crippen LogP contribution in [-0.2, 0) is 15.1 Å². The second-order valence-corrected chi connectivity index (χ2v) is 6.65. The molecule has 1 aliphatic carbocycles. The number of benzene rings is 1. The zero-order valence-corrected chi connectivity index (χ0v) is 13.2. The van der Waals surface area contributed by atoms with Crippen LogP contribution >= 0.6 is 0 Å². The van der Waals surface area contributed by atoms with Crippen LogP contribution in [0.15, 0.2) is 11.6 Å². The topological polar surface area (TPSA) is 43.4 Å². The summed E-state index contributed by atoms with van der Waals surface area (Å²) in [5, 5.41) is 0. The molecule has 0 spiro atoms. The second kappa shape index (κ2) is 4.38. The fourth-order valence-corrected chi connectivity index (χ4v) is 3.41. The fraction of sp³-hybridized carbons (Fsp3) is 0.444. The maximum atomic E-state index is 12.4. The van der Waals surface area contributed by atoms with E-state index in [1.807, 2.05) is 19.1 Å². The average Bonchev–Trinajstić information content (AvgIpc) is 2.40. The molecule has 0 aromatic heterocycles. The summed E-state index contributed by atoms with van der Waals surface area (Å²) in [4.78, 5) is 24.4. The fourth-order valence-electron chi connectivity index (χ4n) is 3.41. The van der Waals surface area contributed by atoms with Gasteiger partial charge in [0.25, 0.3) is 0 Å². The summed E-state index contributed by atoms with van der Waals surface area (Å²) in [5.74, 6) is -0.543. The van der Waals surface area contributed by atoms with Crippen LogP contribution in [0.1, 0.15) is 66.2 Å². The highest BCUT2D eigenvalue weighted by atomic mass is 16.5. The predicted octanol–water partition coefficient (Wildman–Crippen LogP) is 3.53. The Labute approximate surface area is 125 Å². The number of fused-ring (bicyclic) bond motifs is 3. The van der Waals surface area contributed by atoms with Gasteiger partial charge in [0.15, 0.2) is 0 Å². The first-order valence-electron chi connectivity index (χ1n) is 7.33. The molecule has 2 aliphatic rings. The molecule has 3 rings (SSSR count). The van der Waals surface area contributed by atoms with E-state index in [1.165, 1.54) is 0 Å². The van der Waals surface area contributed by atoms with Crippen molar-refractivity contribution < 1.29 is 14.3 Å². The lowest BCUT2D eigenvalue weighted by atomic mass is 9.75. The largest absolute Gasteiger partial charge is 0.370 e. The van der Waals surface area contributed by atoms with Crippen LogP contribution in [0.3, 0.4) is 0 Å². The molecule has 1 heterocycles. The van der Waals surface area contributed by atoms with Crippen molar-refractivity contribution >= 4 is 17.6 Å². The molecule has 1 aromatic rings. The Kier molecular flexibility index (Phi) is 2.96. The number of aryl methyl sites for hydroxylation is 1. The third-order valence-corrected chi connectivity index (χ3v) is 4.59. The highest BCUT2D eigenvalue weighted by Crippen LogP contribution is 2.43. The third kappa shape index (κ3) is 1.91. The van der Waals surface area contributed by atoms with E-state index in [0.29, 0.717) is 17.7 Å². The molecule has 3 nitrogen and oxygen atoms in total. The lowest BCUT2D eigenvalue weighted by molar-refractivity contribution is -0.111. The van der Waals surface area contributed by atoms with Crippen LogP contribution in [0.2, 0.25) is 0 Å². The van der Waals surface area contributed by atoms with Crippen LogP contribution in [0.25, 0.3) is 6.08 Å². The molecule has 1 aromatic carbocycles. The minimum Gasteiger partial charge on any atom is -0.370 e. The Morgan fingerprint density at radius 3 is 2.52 bits per heavy atom. The van der Waals surface area contributed by atoms with Crippen LogP contribution in [-0.4, -0.2) is 18.2 Å². The van der Waals surface area contributed by atoms with Crippen molar-refractivity contribution in [2.75, 3.05) is 6.61 Å². The van der Waals surface area contributed by atoms with Gasteiger partial charge in [0.2, 0.25) is 11.6 Å². The monoisotopic (exact) mass is 284 g/mol. The van der Waals surface area contributed by atoms with Gasteiger partial charge < -0.3 is 4.74 Å². The third-order valence-electron chi connectivity index (χ3n) is 4.59. The number of carbonyl (C=O) groups is 2. The Bertz CT molecular complexity index is 708. The zero-order chi connectivity index (χ0) is 15.5. The molecule has 0 unspecified atom stereocenters. The molecule has 0 radical (unpaired) electrons. The molecule has 0 saturated heterocycles. The molecule has 1 atom stereocenters. The van der Waals surface area contributed by atoms with Crippen LogP contribution in [0, 0.1) is 6.92 Å². The molecular weight excluding hydrogens is 264 g/mol. The minimum atomic E-state index is -0.385. The maximum absolute atomic E-state index is 12.4. The Morgan fingerprint density at radius 2 is 1.86 bits per heavy atom. The lowest BCUT2D eigenvalue weighted by Gasteiger charge is -2.38. The van der Waals surface area contributed by atoms with Gasteiger partial charge in [0.1, 0.15) is 0 Å². The minimum absolute atomic E-state index is 0.215. The van der Waals surface area contributed by atoms with E-state index in [1.54, 1.807) is 6.92 Å². The number of hydrogen-bond donors (Lipinski definition) is 0. The molecule has 21 heavy (non-hydrogen) atoms. The standard InChI is InChI=1S/C18H20O3/c1-9-7-13-14(11(3)8-21-18(13,4)5)12-6-10(2)16(19)17(20)15(9)12/h6-7,11H,8H2,1-5H3/t11-/m1/s1. The Morgan fingerprint density at radius 1 is 1.19 bits per heavy atom. The van der Waals surface area contributed by atoms with Crippen molar-refractivity contribution in [3.8, 4) is 0 Å². The van der Waals surface area contributed by atoms with Crippen LogP contribution in [0.4, 0.5) is 0 Å². The molecule has 0 amide bonds. The highest BCUT2D eigenvalue weighted by Gasteiger charge is 2.37. The predicted molar refractivity (Wildman–Crippen MR) is 81.6 cm³/mol. The van der Waals surface area contributed by atoms with Gasteiger partial charge in [-0.05, 0) is 56.0 Å². The summed E-state index contributed by atoms with van der Waals surface area (Å²) in [7, 11) is 0. The molecule has 0 saturated carbocycles. The Hall–Kier alpha value is -1.74. The maximum Gasteiger partial charge on any atom is 0.234 e. The number of ether oxygens (including phenoxy) is 1. The van der Waals surface area contributed by atoms with Crippen molar-refractivity contribution in [3.05, 3.63) is 39.5 Å². The van der Waals surface area contributed by atoms with E-state index in [-0.39, 0.29) is 23.1 Å². The molecular formula is C18H20O3. The Balaban J connectivity index is 2.41. The summed E-state index contributed by atoms with van der Waals surface area (Å²) in [6.07, 6.45) is 1.88. The normalized spacial score (nSPS) is 23.5. The van der Waals surface area contributed by atoms with Crippen molar-refractivity contribution in [1.29, 1.82) is 0 Å². The van der Waals surface area contributed by atoms with E-state index >= 15 is 0 Å². The van der Waals surface area contributed by atoms with Gasteiger partial charge in [-0.25, -0.2) is 0 Å². The van der Waals surface area contributed by atoms with E-state index in [9.17, 15) is 9.59 Å². The molecule has 110 valence electrons. The van der Waals surface area contributed by atoms with Crippen LogP contribution in [0.5, 0.6) is 0 Å². The number of Topliss-reactive ketones (excluding diaryl/α,β-unsaturated/α-hetero) is 2. The average molecular weight is 284 g/mol. The first kappa shape index (κ1) is 14.2. The van der Waals surface area contributed by atoms with Gasteiger partial charge in [-0.15, -0.1) is 0 Å². The second-order valence-electron chi connectivity index (χ2n) is 6.65. The molecule has 0 bridgehead atoms. The van der Waals surface area contributed by atoms with Gasteiger partial charge >= 0.3 is 0 Å². The molecule has 3 heteroatoms. The first-order chi connectivity index (χ1) is 9.74. The smallest absolute Gasteiger partial charge is 0.234 e. The quantitative estimate of drug-likeness (QED) is 0.684. The van der Waals surface area contributed by atoms with Gasteiger partial charge in [0.05, 0.1) is 12.2 Å². The van der Waals surface area contributed by atoms with Crippen LogP contribution < -0.4 is 0 Å². The van der Waals surface area contributed by atoms with Crippen molar-refractivity contribution in [2.45, 2.75) is 46.1 Å².